The standard InChI is InChI=1S/C11H10F4O3S/c1-19(17,18)5-4-10(16)8-6-7(11(13,14)15)2-3-9(8)12/h2-3,6H,4-5H2,1H3. The summed E-state index contributed by atoms with van der Waals surface area (Å²) in [6.07, 6.45) is -4.38. The third-order valence-corrected chi connectivity index (χ3v) is 3.24. The van der Waals surface area contributed by atoms with Crippen LogP contribution >= 0.6 is 0 Å². The summed E-state index contributed by atoms with van der Waals surface area (Å²) in [5.41, 5.74) is -1.91. The highest BCUT2D eigenvalue weighted by Crippen LogP contribution is 2.30. The molecule has 0 aliphatic rings. The van der Waals surface area contributed by atoms with Crippen LogP contribution in [0.2, 0.25) is 0 Å². The number of rotatable bonds is 4. The summed E-state index contributed by atoms with van der Waals surface area (Å²) in [4.78, 5) is 11.5. The molecule has 0 aliphatic heterocycles. The lowest BCUT2D eigenvalue weighted by Crippen LogP contribution is -2.13. The molecule has 19 heavy (non-hydrogen) atoms. The number of hydrogen-bond acceptors (Lipinski definition) is 3. The molecule has 0 heterocycles. The van der Waals surface area contributed by atoms with Crippen molar-refractivity contribution in [2.75, 3.05) is 12.0 Å². The zero-order chi connectivity index (χ0) is 14.8. The highest BCUT2D eigenvalue weighted by atomic mass is 32.2. The van der Waals surface area contributed by atoms with Crippen LogP contribution in [-0.4, -0.2) is 26.2 Å². The van der Waals surface area contributed by atoms with Crippen LogP contribution < -0.4 is 0 Å². The lowest BCUT2D eigenvalue weighted by atomic mass is 10.0. The molecule has 0 atom stereocenters. The van der Waals surface area contributed by atoms with Crippen LogP contribution in [-0.2, 0) is 16.0 Å². The van der Waals surface area contributed by atoms with Gasteiger partial charge in [-0.15, -0.1) is 0 Å². The molecule has 0 saturated heterocycles. The van der Waals surface area contributed by atoms with Gasteiger partial charge in [-0.25, -0.2) is 12.8 Å². The molecule has 0 radical (unpaired) electrons. The van der Waals surface area contributed by atoms with Gasteiger partial charge in [-0.3, -0.25) is 4.79 Å². The molecule has 1 aromatic rings. The second kappa shape index (κ2) is 5.28. The Labute approximate surface area is 107 Å². The zero-order valence-corrected chi connectivity index (χ0v) is 10.6. The Hall–Kier alpha value is -1.44. The van der Waals surface area contributed by atoms with Gasteiger partial charge < -0.3 is 0 Å². The van der Waals surface area contributed by atoms with Crippen LogP contribution in [0.15, 0.2) is 18.2 Å². The quantitative estimate of drug-likeness (QED) is 0.634. The Bertz CT molecular complexity index is 590. The first kappa shape index (κ1) is 15.6. The van der Waals surface area contributed by atoms with Crippen molar-refractivity contribution in [1.82, 2.24) is 0 Å². The fraction of sp³-hybridized carbons (Fsp3) is 0.364. The SMILES string of the molecule is CS(=O)(=O)CCC(=O)c1cc(C(F)(F)F)ccc1F. The minimum absolute atomic E-state index is 0.389. The maximum absolute atomic E-state index is 13.3. The molecule has 0 aromatic heterocycles. The van der Waals surface area contributed by atoms with Gasteiger partial charge in [-0.05, 0) is 18.2 Å². The highest BCUT2D eigenvalue weighted by Gasteiger charge is 2.31. The summed E-state index contributed by atoms with van der Waals surface area (Å²) in [6, 6.07) is 1.44. The molecule has 3 nitrogen and oxygen atoms in total. The topological polar surface area (TPSA) is 51.2 Å². The van der Waals surface area contributed by atoms with Gasteiger partial charge in [0.1, 0.15) is 15.7 Å². The van der Waals surface area contributed by atoms with Crippen molar-refractivity contribution in [2.45, 2.75) is 12.6 Å². The molecule has 0 fully saturated rings. The molecule has 0 amide bonds. The van der Waals surface area contributed by atoms with Gasteiger partial charge in [0.05, 0.1) is 16.9 Å². The fourth-order valence-electron chi connectivity index (χ4n) is 1.33. The first-order chi connectivity index (χ1) is 8.50. The lowest BCUT2D eigenvalue weighted by molar-refractivity contribution is -0.137. The van der Waals surface area contributed by atoms with E-state index >= 15 is 0 Å². The lowest BCUT2D eigenvalue weighted by Gasteiger charge is -2.09. The fourth-order valence-corrected chi connectivity index (χ4v) is 1.88. The summed E-state index contributed by atoms with van der Waals surface area (Å²) in [7, 11) is -3.44. The predicted octanol–water partition coefficient (Wildman–Crippen LogP) is 2.46. The Balaban J connectivity index is 3.03. The minimum Gasteiger partial charge on any atom is -0.294 e. The Morgan fingerprint density at radius 2 is 1.84 bits per heavy atom. The van der Waals surface area contributed by atoms with Crippen molar-refractivity contribution >= 4 is 15.6 Å². The van der Waals surface area contributed by atoms with E-state index in [9.17, 15) is 30.8 Å². The van der Waals surface area contributed by atoms with Crippen LogP contribution in [0.1, 0.15) is 22.3 Å². The number of halogens is 4. The maximum Gasteiger partial charge on any atom is 0.416 e. The van der Waals surface area contributed by atoms with E-state index in [2.05, 4.69) is 0 Å². The molecule has 8 heteroatoms. The number of alkyl halides is 3. The van der Waals surface area contributed by atoms with Gasteiger partial charge in [-0.2, -0.15) is 13.2 Å². The predicted molar refractivity (Wildman–Crippen MR) is 60.1 cm³/mol. The van der Waals surface area contributed by atoms with E-state index in [-0.39, 0.29) is 0 Å². The van der Waals surface area contributed by atoms with Crippen molar-refractivity contribution in [2.24, 2.45) is 0 Å². The number of Topliss-reactive ketones (excluding diaryl/α,β-unsaturated/α-hetero) is 1. The summed E-state index contributed by atoms with van der Waals surface area (Å²) >= 11 is 0. The number of benzene rings is 1. The molecule has 1 aromatic carbocycles. The number of hydrogen-bond donors (Lipinski definition) is 0. The molecule has 0 aliphatic carbocycles. The van der Waals surface area contributed by atoms with Crippen molar-refractivity contribution < 1.29 is 30.8 Å². The van der Waals surface area contributed by atoms with Gasteiger partial charge >= 0.3 is 6.18 Å². The third kappa shape index (κ3) is 4.62. The second-order valence-electron chi connectivity index (χ2n) is 4.00. The first-order valence-corrected chi connectivity index (χ1v) is 7.14. The van der Waals surface area contributed by atoms with E-state index in [4.69, 9.17) is 0 Å². The zero-order valence-electron chi connectivity index (χ0n) is 9.79. The molecule has 0 unspecified atom stereocenters. The van der Waals surface area contributed by atoms with Crippen molar-refractivity contribution in [3.63, 3.8) is 0 Å². The molecule has 106 valence electrons. The highest BCUT2D eigenvalue weighted by molar-refractivity contribution is 7.90. The van der Waals surface area contributed by atoms with Crippen LogP contribution in [0, 0.1) is 5.82 Å². The molecule has 0 saturated carbocycles. The second-order valence-corrected chi connectivity index (χ2v) is 6.26. The summed E-state index contributed by atoms with van der Waals surface area (Å²) < 4.78 is 72.2. The van der Waals surface area contributed by atoms with Crippen molar-refractivity contribution in [3.8, 4) is 0 Å². The number of carbonyl (C=O) groups is 1. The Morgan fingerprint density at radius 1 is 1.26 bits per heavy atom. The van der Waals surface area contributed by atoms with Crippen LogP contribution in [0.25, 0.3) is 0 Å². The molecular formula is C11H10F4O3S. The van der Waals surface area contributed by atoms with E-state index in [1.807, 2.05) is 0 Å². The summed E-state index contributed by atoms with van der Waals surface area (Å²) in [5.74, 6) is -2.62. The molecule has 0 N–H and O–H groups in total. The smallest absolute Gasteiger partial charge is 0.294 e. The largest absolute Gasteiger partial charge is 0.416 e. The summed E-state index contributed by atoms with van der Waals surface area (Å²) in [5, 5.41) is 0. The van der Waals surface area contributed by atoms with Crippen LogP contribution in [0.5, 0.6) is 0 Å². The van der Waals surface area contributed by atoms with Gasteiger partial charge in [0, 0.05) is 12.7 Å². The number of ketones is 1. The van der Waals surface area contributed by atoms with Gasteiger partial charge in [0.15, 0.2) is 5.78 Å². The Kier molecular flexibility index (Phi) is 4.34. The van der Waals surface area contributed by atoms with Crippen LogP contribution in [0.4, 0.5) is 17.6 Å². The van der Waals surface area contributed by atoms with Crippen molar-refractivity contribution in [3.05, 3.63) is 35.1 Å². The van der Waals surface area contributed by atoms with E-state index in [1.54, 1.807) is 0 Å². The molecule has 0 bridgehead atoms. The maximum atomic E-state index is 13.3. The minimum atomic E-state index is -4.69. The monoisotopic (exact) mass is 298 g/mol. The average Bonchev–Trinajstić information content (AvgIpc) is 2.24. The molecule has 0 spiro atoms. The van der Waals surface area contributed by atoms with Gasteiger partial charge in [0.2, 0.25) is 0 Å². The van der Waals surface area contributed by atoms with E-state index in [0.717, 1.165) is 6.26 Å². The normalized spacial score (nSPS) is 12.5. The molecule has 1 rings (SSSR count). The average molecular weight is 298 g/mol. The van der Waals surface area contributed by atoms with Gasteiger partial charge in [-0.1, -0.05) is 0 Å². The Morgan fingerprint density at radius 3 is 2.32 bits per heavy atom. The number of carbonyl (C=O) groups excluding carboxylic acids is 1. The van der Waals surface area contributed by atoms with Crippen LogP contribution in [0.3, 0.4) is 0 Å². The summed E-state index contributed by atoms with van der Waals surface area (Å²) in [6.45, 7) is 0. The van der Waals surface area contributed by atoms with E-state index in [1.165, 1.54) is 0 Å². The molecular weight excluding hydrogens is 288 g/mol. The third-order valence-electron chi connectivity index (χ3n) is 2.29. The first-order valence-electron chi connectivity index (χ1n) is 5.08. The van der Waals surface area contributed by atoms with Gasteiger partial charge in [0.25, 0.3) is 0 Å². The number of sulfone groups is 1. The van der Waals surface area contributed by atoms with E-state index < -0.39 is 50.9 Å². The van der Waals surface area contributed by atoms with E-state index in [0.29, 0.717) is 18.2 Å². The van der Waals surface area contributed by atoms with Crippen molar-refractivity contribution in [1.29, 1.82) is 0 Å².